The third kappa shape index (κ3) is 5.05. The van der Waals surface area contributed by atoms with Gasteiger partial charge in [-0.3, -0.25) is 10.1 Å². The van der Waals surface area contributed by atoms with Crippen molar-refractivity contribution in [3.05, 3.63) is 33.9 Å². The Bertz CT molecular complexity index is 592. The maximum Gasteiger partial charge on any atom is 0.270 e. The minimum absolute atomic E-state index is 0.0278. The van der Waals surface area contributed by atoms with Gasteiger partial charge in [0.2, 0.25) is 10.0 Å². The highest BCUT2D eigenvalue weighted by Gasteiger charge is 2.17. The minimum atomic E-state index is -3.60. The summed E-state index contributed by atoms with van der Waals surface area (Å²) >= 11 is 0. The van der Waals surface area contributed by atoms with Crippen molar-refractivity contribution in [1.82, 2.24) is 0 Å². The van der Waals surface area contributed by atoms with E-state index >= 15 is 0 Å². The van der Waals surface area contributed by atoms with Crippen LogP contribution in [0.1, 0.15) is 18.4 Å². The van der Waals surface area contributed by atoms with Gasteiger partial charge in [-0.05, 0) is 12.5 Å². The lowest BCUT2D eigenvalue weighted by molar-refractivity contribution is -0.385. The molecule has 112 valence electrons. The van der Waals surface area contributed by atoms with Gasteiger partial charge in [-0.1, -0.05) is 0 Å². The van der Waals surface area contributed by atoms with E-state index in [4.69, 9.17) is 5.14 Å². The maximum absolute atomic E-state index is 12.8. The van der Waals surface area contributed by atoms with Gasteiger partial charge >= 0.3 is 0 Å². The second-order valence-electron chi connectivity index (χ2n) is 3.98. The predicted molar refractivity (Wildman–Crippen MR) is 69.1 cm³/mol. The van der Waals surface area contributed by atoms with Crippen molar-refractivity contribution < 1.29 is 22.1 Å². The quantitative estimate of drug-likeness (QED) is 0.451. The molecule has 0 atom stereocenters. The lowest BCUT2D eigenvalue weighted by atomic mass is 10.1. The molecule has 1 aromatic rings. The van der Waals surface area contributed by atoms with Crippen LogP contribution in [0.3, 0.4) is 0 Å². The molecule has 0 fully saturated rings. The smallest absolute Gasteiger partial charge is 0.270 e. The molecule has 0 saturated carbocycles. The van der Waals surface area contributed by atoms with E-state index in [9.17, 15) is 27.3 Å². The Morgan fingerprint density at radius 3 is 2.55 bits per heavy atom. The molecular weight excluding hydrogens is 296 g/mol. The number of alkyl halides is 2. The van der Waals surface area contributed by atoms with Gasteiger partial charge in [0.1, 0.15) is 0 Å². The summed E-state index contributed by atoms with van der Waals surface area (Å²) in [5.74, 6) is -0.281. The summed E-state index contributed by atoms with van der Waals surface area (Å²) in [5, 5.41) is 17.9. The number of nitrogens with zero attached hydrogens (tertiary/aromatic N) is 1. The molecule has 3 N–H and O–H groups in total. The summed E-state index contributed by atoms with van der Waals surface area (Å²) in [7, 11) is -3.60. The fourth-order valence-electron chi connectivity index (χ4n) is 1.50. The van der Waals surface area contributed by atoms with Crippen LogP contribution in [-0.4, -0.2) is 25.6 Å². The third-order valence-electron chi connectivity index (χ3n) is 2.40. The molecule has 0 heterocycles. The fraction of sp³-hybridized carbons (Fsp3) is 0.400. The van der Waals surface area contributed by atoms with E-state index in [2.05, 4.69) is 5.32 Å². The van der Waals surface area contributed by atoms with E-state index in [1.54, 1.807) is 0 Å². The van der Waals surface area contributed by atoms with E-state index in [1.165, 1.54) is 0 Å². The number of nitrogens with one attached hydrogen (secondary N) is 1. The number of benzene rings is 1. The Morgan fingerprint density at radius 1 is 1.40 bits per heavy atom. The average Bonchev–Trinajstić information content (AvgIpc) is 2.33. The number of anilines is 1. The molecule has 0 amide bonds. The molecule has 0 radical (unpaired) electrons. The summed E-state index contributed by atoms with van der Waals surface area (Å²) < 4.78 is 47.0. The molecule has 0 unspecified atom stereocenters. The van der Waals surface area contributed by atoms with Crippen molar-refractivity contribution in [3.63, 3.8) is 0 Å². The summed E-state index contributed by atoms with van der Waals surface area (Å²) in [4.78, 5) is 9.75. The highest BCUT2D eigenvalue weighted by Crippen LogP contribution is 2.30. The molecule has 10 heteroatoms. The SMILES string of the molecule is NS(=O)(=O)CCCNc1ccc([N+](=O)[O-])cc1C(F)F. The molecule has 0 saturated heterocycles. The van der Waals surface area contributed by atoms with Crippen molar-refractivity contribution in [1.29, 1.82) is 0 Å². The van der Waals surface area contributed by atoms with Crippen LogP contribution in [0.5, 0.6) is 0 Å². The fourth-order valence-corrected chi connectivity index (χ4v) is 2.05. The van der Waals surface area contributed by atoms with Crippen LogP contribution in [0.15, 0.2) is 18.2 Å². The second-order valence-corrected chi connectivity index (χ2v) is 5.71. The lowest BCUT2D eigenvalue weighted by Crippen LogP contribution is -2.19. The van der Waals surface area contributed by atoms with E-state index in [0.29, 0.717) is 0 Å². The number of sulfonamides is 1. The lowest BCUT2D eigenvalue weighted by Gasteiger charge is -2.11. The number of rotatable bonds is 7. The number of non-ortho nitro benzene ring substituents is 1. The van der Waals surface area contributed by atoms with Gasteiger partial charge in [-0.15, -0.1) is 0 Å². The zero-order valence-electron chi connectivity index (χ0n) is 10.3. The summed E-state index contributed by atoms with van der Waals surface area (Å²) in [6.45, 7) is 0.105. The van der Waals surface area contributed by atoms with Crippen LogP contribution >= 0.6 is 0 Å². The molecule has 0 bridgehead atoms. The second kappa shape index (κ2) is 6.57. The van der Waals surface area contributed by atoms with Crippen molar-refractivity contribution in [3.8, 4) is 0 Å². The maximum atomic E-state index is 12.8. The number of nitro benzene ring substituents is 1. The number of hydrogen-bond donors (Lipinski definition) is 2. The Kier molecular flexibility index (Phi) is 5.34. The summed E-state index contributed by atoms with van der Waals surface area (Å²) in [6, 6.07) is 3.04. The van der Waals surface area contributed by atoms with Crippen molar-refractivity contribution in [2.24, 2.45) is 5.14 Å². The predicted octanol–water partition coefficient (Wildman–Crippen LogP) is 1.62. The van der Waals surface area contributed by atoms with E-state index in [0.717, 1.165) is 18.2 Å². The van der Waals surface area contributed by atoms with Crippen LogP contribution in [0, 0.1) is 10.1 Å². The van der Waals surface area contributed by atoms with E-state index in [-0.39, 0.29) is 24.4 Å². The summed E-state index contributed by atoms with van der Waals surface area (Å²) in [5.41, 5.74) is -0.912. The van der Waals surface area contributed by atoms with Gasteiger partial charge in [0, 0.05) is 29.9 Å². The molecule has 0 aliphatic heterocycles. The van der Waals surface area contributed by atoms with Crippen LogP contribution in [0.2, 0.25) is 0 Å². The number of halogens is 2. The number of nitrogens with two attached hydrogens (primary N) is 1. The van der Waals surface area contributed by atoms with Crippen molar-refractivity contribution in [2.75, 3.05) is 17.6 Å². The normalized spacial score (nSPS) is 11.6. The summed E-state index contributed by atoms with van der Waals surface area (Å²) in [6.07, 6.45) is -2.74. The zero-order chi connectivity index (χ0) is 15.3. The van der Waals surface area contributed by atoms with Crippen molar-refractivity contribution in [2.45, 2.75) is 12.8 Å². The molecule has 1 rings (SSSR count). The van der Waals surface area contributed by atoms with Gasteiger partial charge in [0.25, 0.3) is 12.1 Å². The molecular formula is C10H13F2N3O4S. The first-order valence-electron chi connectivity index (χ1n) is 5.51. The van der Waals surface area contributed by atoms with Crippen LogP contribution in [0.4, 0.5) is 20.2 Å². The Hall–Kier alpha value is -1.81. The molecule has 0 aliphatic carbocycles. The first-order valence-corrected chi connectivity index (χ1v) is 7.23. The Morgan fingerprint density at radius 2 is 2.05 bits per heavy atom. The van der Waals surface area contributed by atoms with E-state index < -0.39 is 32.6 Å². The number of primary sulfonamides is 1. The van der Waals surface area contributed by atoms with Gasteiger partial charge in [0.15, 0.2) is 0 Å². The topological polar surface area (TPSA) is 115 Å². The highest BCUT2D eigenvalue weighted by molar-refractivity contribution is 7.89. The molecule has 20 heavy (non-hydrogen) atoms. The Balaban J connectivity index is 2.77. The monoisotopic (exact) mass is 309 g/mol. The van der Waals surface area contributed by atoms with Gasteiger partial charge in [-0.25, -0.2) is 22.3 Å². The number of hydrogen-bond acceptors (Lipinski definition) is 5. The first kappa shape index (κ1) is 16.2. The van der Waals surface area contributed by atoms with Crippen LogP contribution in [0.25, 0.3) is 0 Å². The average molecular weight is 309 g/mol. The minimum Gasteiger partial charge on any atom is -0.385 e. The largest absolute Gasteiger partial charge is 0.385 e. The molecule has 1 aromatic carbocycles. The molecule has 0 aliphatic rings. The first-order chi connectivity index (χ1) is 9.20. The zero-order valence-corrected chi connectivity index (χ0v) is 11.1. The van der Waals surface area contributed by atoms with Crippen LogP contribution in [-0.2, 0) is 10.0 Å². The van der Waals surface area contributed by atoms with Gasteiger partial charge in [0.05, 0.1) is 10.7 Å². The van der Waals surface area contributed by atoms with Crippen LogP contribution < -0.4 is 10.5 Å². The van der Waals surface area contributed by atoms with Gasteiger partial charge in [-0.2, -0.15) is 0 Å². The molecule has 0 aromatic heterocycles. The van der Waals surface area contributed by atoms with E-state index in [1.807, 2.05) is 0 Å². The molecule has 0 spiro atoms. The molecule has 7 nitrogen and oxygen atoms in total. The van der Waals surface area contributed by atoms with Gasteiger partial charge < -0.3 is 5.32 Å². The highest BCUT2D eigenvalue weighted by atomic mass is 32.2. The third-order valence-corrected chi connectivity index (χ3v) is 3.26. The number of nitro groups is 1. The standard InChI is InChI=1S/C10H13F2N3O4S/c11-10(12)8-6-7(15(16)17)2-3-9(8)14-4-1-5-20(13,18)19/h2-3,6,10,14H,1,4-5H2,(H2,13,18,19). The Labute approximate surface area is 114 Å². The van der Waals surface area contributed by atoms with Crippen molar-refractivity contribution >= 4 is 21.4 Å².